The van der Waals surface area contributed by atoms with Gasteiger partial charge >= 0.3 is 0 Å². The van der Waals surface area contributed by atoms with Gasteiger partial charge in [0.25, 0.3) is 0 Å². The third kappa shape index (κ3) is 3.54. The van der Waals surface area contributed by atoms with Gasteiger partial charge in [-0.3, -0.25) is 4.79 Å². The molecule has 0 aliphatic heterocycles. The van der Waals surface area contributed by atoms with Gasteiger partial charge in [-0.05, 0) is 36.3 Å². The van der Waals surface area contributed by atoms with Gasteiger partial charge < -0.3 is 14.2 Å². The summed E-state index contributed by atoms with van der Waals surface area (Å²) < 4.78 is 15.9. The minimum absolute atomic E-state index is 0.161. The minimum Gasteiger partial charge on any atom is -0.493 e. The summed E-state index contributed by atoms with van der Waals surface area (Å²) in [4.78, 5) is 12.5. The van der Waals surface area contributed by atoms with Gasteiger partial charge in [0.2, 0.25) is 5.75 Å². The Kier molecular flexibility index (Phi) is 5.41. The molecule has 4 nitrogen and oxygen atoms in total. The molecule has 2 aromatic rings. The van der Waals surface area contributed by atoms with E-state index in [2.05, 4.69) is 0 Å². The Hall–Kier alpha value is -2.75. The van der Waals surface area contributed by atoms with Crippen molar-refractivity contribution in [3.8, 4) is 17.2 Å². The SMILES string of the molecule is COc1ccc(C(=O)/C=C/c2ccccc2C)c(OC)c1OC. The van der Waals surface area contributed by atoms with Crippen molar-refractivity contribution >= 4 is 11.9 Å². The maximum absolute atomic E-state index is 12.5. The highest BCUT2D eigenvalue weighted by Crippen LogP contribution is 2.40. The van der Waals surface area contributed by atoms with Crippen LogP contribution in [0.2, 0.25) is 0 Å². The molecule has 0 unspecified atom stereocenters. The molecule has 0 amide bonds. The molecule has 0 N–H and O–H groups in total. The second-order valence-electron chi connectivity index (χ2n) is 4.94. The van der Waals surface area contributed by atoms with Gasteiger partial charge in [-0.25, -0.2) is 0 Å². The lowest BCUT2D eigenvalue weighted by Gasteiger charge is -2.14. The van der Waals surface area contributed by atoms with Crippen molar-refractivity contribution in [2.45, 2.75) is 6.92 Å². The van der Waals surface area contributed by atoms with E-state index < -0.39 is 0 Å². The molecular formula is C19H20O4. The van der Waals surface area contributed by atoms with E-state index in [1.807, 2.05) is 31.2 Å². The van der Waals surface area contributed by atoms with E-state index in [-0.39, 0.29) is 5.78 Å². The van der Waals surface area contributed by atoms with E-state index in [0.717, 1.165) is 11.1 Å². The minimum atomic E-state index is -0.161. The Labute approximate surface area is 136 Å². The largest absolute Gasteiger partial charge is 0.493 e. The smallest absolute Gasteiger partial charge is 0.204 e. The van der Waals surface area contributed by atoms with Gasteiger partial charge in [-0.15, -0.1) is 0 Å². The topological polar surface area (TPSA) is 44.8 Å². The molecule has 0 aromatic heterocycles. The molecule has 0 aliphatic rings. The molecule has 0 spiro atoms. The van der Waals surface area contributed by atoms with Crippen LogP contribution in [0.25, 0.3) is 6.08 Å². The number of allylic oxidation sites excluding steroid dienone is 1. The second-order valence-corrected chi connectivity index (χ2v) is 4.94. The molecule has 0 aliphatic carbocycles. The lowest BCUT2D eigenvalue weighted by Crippen LogP contribution is -2.03. The van der Waals surface area contributed by atoms with Crippen molar-refractivity contribution in [2.24, 2.45) is 0 Å². The highest BCUT2D eigenvalue weighted by atomic mass is 16.5. The molecule has 0 saturated carbocycles. The highest BCUT2D eigenvalue weighted by Gasteiger charge is 2.19. The maximum Gasteiger partial charge on any atom is 0.204 e. The van der Waals surface area contributed by atoms with E-state index in [9.17, 15) is 4.79 Å². The Bertz CT molecular complexity index is 732. The number of aryl methyl sites for hydroxylation is 1. The van der Waals surface area contributed by atoms with Crippen LogP contribution in [0, 0.1) is 6.92 Å². The van der Waals surface area contributed by atoms with Gasteiger partial charge in [0, 0.05) is 0 Å². The molecular weight excluding hydrogens is 292 g/mol. The molecule has 0 bridgehead atoms. The first-order valence-electron chi connectivity index (χ1n) is 7.19. The summed E-state index contributed by atoms with van der Waals surface area (Å²) in [5.41, 5.74) is 2.53. The van der Waals surface area contributed by atoms with Gasteiger partial charge in [0.05, 0.1) is 26.9 Å². The highest BCUT2D eigenvalue weighted by molar-refractivity contribution is 6.09. The van der Waals surface area contributed by atoms with Crippen LogP contribution in [0.5, 0.6) is 17.2 Å². The van der Waals surface area contributed by atoms with Gasteiger partial charge in [-0.2, -0.15) is 0 Å². The molecule has 2 rings (SSSR count). The second kappa shape index (κ2) is 7.49. The zero-order valence-electron chi connectivity index (χ0n) is 13.8. The Morgan fingerprint density at radius 2 is 1.61 bits per heavy atom. The molecule has 120 valence electrons. The number of ether oxygens (including phenoxy) is 3. The van der Waals surface area contributed by atoms with Crippen molar-refractivity contribution < 1.29 is 19.0 Å². The van der Waals surface area contributed by atoms with Crippen LogP contribution in [0.3, 0.4) is 0 Å². The number of ketones is 1. The average molecular weight is 312 g/mol. The van der Waals surface area contributed by atoms with E-state index in [1.165, 1.54) is 27.4 Å². The summed E-state index contributed by atoms with van der Waals surface area (Å²) >= 11 is 0. The summed E-state index contributed by atoms with van der Waals surface area (Å²) in [5, 5.41) is 0. The van der Waals surface area contributed by atoms with Crippen LogP contribution in [-0.2, 0) is 0 Å². The summed E-state index contributed by atoms with van der Waals surface area (Å²) in [7, 11) is 4.55. The van der Waals surface area contributed by atoms with Crippen LogP contribution >= 0.6 is 0 Å². The average Bonchev–Trinajstić information content (AvgIpc) is 2.59. The maximum atomic E-state index is 12.5. The zero-order valence-corrected chi connectivity index (χ0v) is 13.8. The first-order chi connectivity index (χ1) is 11.1. The molecule has 0 radical (unpaired) electrons. The van der Waals surface area contributed by atoms with Gasteiger partial charge in [-0.1, -0.05) is 30.3 Å². The molecule has 0 saturated heterocycles. The lowest BCUT2D eigenvalue weighted by molar-refractivity contribution is 0.104. The van der Waals surface area contributed by atoms with E-state index >= 15 is 0 Å². The van der Waals surface area contributed by atoms with Crippen LogP contribution in [-0.4, -0.2) is 27.1 Å². The molecule has 0 atom stereocenters. The van der Waals surface area contributed by atoms with Crippen molar-refractivity contribution in [1.82, 2.24) is 0 Å². The fraction of sp³-hybridized carbons (Fsp3) is 0.211. The number of rotatable bonds is 6. The van der Waals surface area contributed by atoms with Crippen molar-refractivity contribution in [1.29, 1.82) is 0 Å². The first kappa shape index (κ1) is 16.6. The number of hydrogen-bond acceptors (Lipinski definition) is 4. The number of benzene rings is 2. The fourth-order valence-corrected chi connectivity index (χ4v) is 2.32. The van der Waals surface area contributed by atoms with Crippen molar-refractivity contribution in [2.75, 3.05) is 21.3 Å². The first-order valence-corrected chi connectivity index (χ1v) is 7.19. The Morgan fingerprint density at radius 3 is 2.22 bits per heavy atom. The van der Waals surface area contributed by atoms with Crippen molar-refractivity contribution in [3.63, 3.8) is 0 Å². The standard InChI is InChI=1S/C19H20O4/c1-13-7-5-6-8-14(13)9-11-16(20)15-10-12-17(21-2)19(23-4)18(15)22-3/h5-12H,1-4H3/b11-9+. The quantitative estimate of drug-likeness (QED) is 0.599. The van der Waals surface area contributed by atoms with Crippen LogP contribution < -0.4 is 14.2 Å². The monoisotopic (exact) mass is 312 g/mol. The summed E-state index contributed by atoms with van der Waals surface area (Å²) in [6.07, 6.45) is 3.33. The third-order valence-corrected chi connectivity index (χ3v) is 3.57. The zero-order chi connectivity index (χ0) is 16.8. The van der Waals surface area contributed by atoms with E-state index in [4.69, 9.17) is 14.2 Å². The normalized spacial score (nSPS) is 10.6. The van der Waals surface area contributed by atoms with E-state index in [0.29, 0.717) is 22.8 Å². The van der Waals surface area contributed by atoms with Crippen molar-refractivity contribution in [3.05, 3.63) is 59.2 Å². The lowest BCUT2D eigenvalue weighted by atomic mass is 10.0. The number of carbonyl (C=O) groups excluding carboxylic acids is 1. The van der Waals surface area contributed by atoms with E-state index in [1.54, 1.807) is 18.2 Å². The molecule has 4 heteroatoms. The van der Waals surface area contributed by atoms with Crippen LogP contribution in [0.1, 0.15) is 21.5 Å². The van der Waals surface area contributed by atoms with Gasteiger partial charge in [0.15, 0.2) is 17.3 Å². The van der Waals surface area contributed by atoms with Crippen LogP contribution in [0.4, 0.5) is 0 Å². The molecule has 23 heavy (non-hydrogen) atoms. The molecule has 0 fully saturated rings. The number of carbonyl (C=O) groups is 1. The predicted octanol–water partition coefficient (Wildman–Crippen LogP) is 3.92. The summed E-state index contributed by atoms with van der Waals surface area (Å²) in [5.74, 6) is 1.13. The summed E-state index contributed by atoms with van der Waals surface area (Å²) in [6.45, 7) is 2.00. The van der Waals surface area contributed by atoms with Gasteiger partial charge in [0.1, 0.15) is 0 Å². The summed E-state index contributed by atoms with van der Waals surface area (Å²) in [6, 6.07) is 11.2. The predicted molar refractivity (Wildman–Crippen MR) is 90.6 cm³/mol. The third-order valence-electron chi connectivity index (χ3n) is 3.57. The molecule has 2 aromatic carbocycles. The number of hydrogen-bond donors (Lipinski definition) is 0. The Balaban J connectivity index is 2.38. The number of methoxy groups -OCH3 is 3. The fourth-order valence-electron chi connectivity index (χ4n) is 2.32. The molecule has 0 heterocycles. The Morgan fingerprint density at radius 1 is 0.913 bits per heavy atom. The van der Waals surface area contributed by atoms with Crippen LogP contribution in [0.15, 0.2) is 42.5 Å².